The van der Waals surface area contributed by atoms with Crippen molar-refractivity contribution in [3.8, 4) is 5.88 Å². The standard InChI is InChI=1S/C20H26N2O2/c1-24-20-8-7-17(14-21-20)15-22-11-9-18(10-12-22)19(23)13-16-5-3-2-4-6-16/h2-8,14,18-19,23H,9-13,15H2,1H3. The zero-order chi connectivity index (χ0) is 16.8. The highest BCUT2D eigenvalue weighted by Crippen LogP contribution is 2.24. The molecular formula is C20H26N2O2. The van der Waals surface area contributed by atoms with Crippen molar-refractivity contribution in [3.05, 3.63) is 59.8 Å². The molecule has 0 spiro atoms. The van der Waals surface area contributed by atoms with Gasteiger partial charge in [-0.1, -0.05) is 36.4 Å². The van der Waals surface area contributed by atoms with Gasteiger partial charge >= 0.3 is 0 Å². The minimum atomic E-state index is -0.239. The van der Waals surface area contributed by atoms with E-state index in [9.17, 15) is 5.11 Å². The largest absolute Gasteiger partial charge is 0.481 e. The molecule has 1 atom stereocenters. The molecule has 1 unspecified atom stereocenters. The summed E-state index contributed by atoms with van der Waals surface area (Å²) in [7, 11) is 1.63. The van der Waals surface area contributed by atoms with Crippen LogP contribution in [0.15, 0.2) is 48.7 Å². The second-order valence-electron chi connectivity index (χ2n) is 6.58. The van der Waals surface area contributed by atoms with Gasteiger partial charge in [0.2, 0.25) is 5.88 Å². The lowest BCUT2D eigenvalue weighted by Crippen LogP contribution is -2.38. The van der Waals surface area contributed by atoms with Crippen molar-refractivity contribution in [1.29, 1.82) is 0 Å². The first-order chi connectivity index (χ1) is 11.7. The van der Waals surface area contributed by atoms with Crippen LogP contribution in [0.25, 0.3) is 0 Å². The van der Waals surface area contributed by atoms with Gasteiger partial charge < -0.3 is 9.84 Å². The topological polar surface area (TPSA) is 45.6 Å². The van der Waals surface area contributed by atoms with Gasteiger partial charge in [-0.3, -0.25) is 4.90 Å². The van der Waals surface area contributed by atoms with Crippen molar-refractivity contribution in [2.45, 2.75) is 31.9 Å². The fraction of sp³-hybridized carbons (Fsp3) is 0.450. The van der Waals surface area contributed by atoms with Crippen LogP contribution in [0.4, 0.5) is 0 Å². The van der Waals surface area contributed by atoms with E-state index in [0.717, 1.165) is 38.9 Å². The summed E-state index contributed by atoms with van der Waals surface area (Å²) < 4.78 is 5.10. The maximum Gasteiger partial charge on any atom is 0.212 e. The Labute approximate surface area is 144 Å². The van der Waals surface area contributed by atoms with Gasteiger partial charge in [0.25, 0.3) is 0 Å². The Kier molecular flexibility index (Phi) is 5.83. The van der Waals surface area contributed by atoms with Crippen LogP contribution in [0.3, 0.4) is 0 Å². The fourth-order valence-electron chi connectivity index (χ4n) is 3.40. The zero-order valence-electron chi connectivity index (χ0n) is 14.3. The summed E-state index contributed by atoms with van der Waals surface area (Å²) in [6.45, 7) is 2.98. The summed E-state index contributed by atoms with van der Waals surface area (Å²) in [6.07, 6.45) is 4.51. The number of ether oxygens (including phenoxy) is 1. The van der Waals surface area contributed by atoms with Gasteiger partial charge in [0.1, 0.15) is 0 Å². The molecule has 24 heavy (non-hydrogen) atoms. The van der Waals surface area contributed by atoms with E-state index >= 15 is 0 Å². The molecule has 0 amide bonds. The molecule has 1 aromatic carbocycles. The van der Waals surface area contributed by atoms with Crippen LogP contribution in [0.5, 0.6) is 5.88 Å². The SMILES string of the molecule is COc1ccc(CN2CCC(C(O)Cc3ccccc3)CC2)cn1. The highest BCUT2D eigenvalue weighted by Gasteiger charge is 2.25. The summed E-state index contributed by atoms with van der Waals surface area (Å²) in [5.41, 5.74) is 2.43. The van der Waals surface area contributed by atoms with Gasteiger partial charge in [0.15, 0.2) is 0 Å². The second-order valence-corrected chi connectivity index (χ2v) is 6.58. The summed E-state index contributed by atoms with van der Waals surface area (Å²) in [5.74, 6) is 1.05. The number of nitrogens with zero attached hydrogens (tertiary/aromatic N) is 2. The molecule has 0 aliphatic carbocycles. The van der Waals surface area contributed by atoms with E-state index in [4.69, 9.17) is 4.74 Å². The minimum Gasteiger partial charge on any atom is -0.481 e. The quantitative estimate of drug-likeness (QED) is 0.886. The number of piperidine rings is 1. The molecule has 1 saturated heterocycles. The van der Waals surface area contributed by atoms with E-state index in [1.165, 1.54) is 11.1 Å². The molecule has 0 saturated carbocycles. The smallest absolute Gasteiger partial charge is 0.212 e. The van der Waals surface area contributed by atoms with E-state index < -0.39 is 0 Å². The van der Waals surface area contributed by atoms with Crippen LogP contribution < -0.4 is 4.74 Å². The molecule has 128 valence electrons. The van der Waals surface area contributed by atoms with Gasteiger partial charge in [-0.05, 0) is 49.4 Å². The number of aliphatic hydroxyl groups excluding tert-OH is 1. The molecule has 1 fully saturated rings. The van der Waals surface area contributed by atoms with Crippen molar-refractivity contribution >= 4 is 0 Å². The maximum atomic E-state index is 10.5. The van der Waals surface area contributed by atoms with Gasteiger partial charge in [-0.25, -0.2) is 4.98 Å². The summed E-state index contributed by atoms with van der Waals surface area (Å²) >= 11 is 0. The zero-order valence-corrected chi connectivity index (χ0v) is 14.3. The van der Waals surface area contributed by atoms with Gasteiger partial charge in [-0.2, -0.15) is 0 Å². The fourth-order valence-corrected chi connectivity index (χ4v) is 3.40. The number of rotatable bonds is 6. The minimum absolute atomic E-state index is 0.239. The van der Waals surface area contributed by atoms with Crippen LogP contribution in [-0.2, 0) is 13.0 Å². The molecule has 3 rings (SSSR count). The Morgan fingerprint density at radius 3 is 2.50 bits per heavy atom. The van der Waals surface area contributed by atoms with Crippen LogP contribution in [0.1, 0.15) is 24.0 Å². The molecule has 0 radical (unpaired) electrons. The normalized spacial score (nSPS) is 17.6. The first-order valence-electron chi connectivity index (χ1n) is 8.68. The lowest BCUT2D eigenvalue weighted by atomic mass is 9.88. The van der Waals surface area contributed by atoms with Crippen molar-refractivity contribution in [2.75, 3.05) is 20.2 Å². The monoisotopic (exact) mass is 326 g/mol. The number of aromatic nitrogens is 1. The van der Waals surface area contributed by atoms with E-state index in [-0.39, 0.29) is 6.10 Å². The molecular weight excluding hydrogens is 300 g/mol. The first kappa shape index (κ1) is 16.9. The predicted molar refractivity (Wildman–Crippen MR) is 94.9 cm³/mol. The van der Waals surface area contributed by atoms with Crippen molar-refractivity contribution in [1.82, 2.24) is 9.88 Å². The van der Waals surface area contributed by atoms with Gasteiger partial charge in [-0.15, -0.1) is 0 Å². The lowest BCUT2D eigenvalue weighted by Gasteiger charge is -2.34. The Bertz CT molecular complexity index is 607. The number of hydrogen-bond acceptors (Lipinski definition) is 4. The molecule has 0 bridgehead atoms. The van der Waals surface area contributed by atoms with Crippen molar-refractivity contribution in [3.63, 3.8) is 0 Å². The second kappa shape index (κ2) is 8.27. The Morgan fingerprint density at radius 1 is 1.12 bits per heavy atom. The average molecular weight is 326 g/mol. The van der Waals surface area contributed by atoms with Gasteiger partial charge in [0, 0.05) is 18.8 Å². The third-order valence-electron chi connectivity index (χ3n) is 4.88. The van der Waals surface area contributed by atoms with Crippen LogP contribution >= 0.6 is 0 Å². The number of hydrogen-bond donors (Lipinski definition) is 1. The molecule has 4 nitrogen and oxygen atoms in total. The summed E-state index contributed by atoms with van der Waals surface area (Å²) in [4.78, 5) is 6.70. The predicted octanol–water partition coefficient (Wildman–Crippen LogP) is 2.91. The van der Waals surface area contributed by atoms with E-state index in [0.29, 0.717) is 11.8 Å². The van der Waals surface area contributed by atoms with Crippen molar-refractivity contribution < 1.29 is 9.84 Å². The van der Waals surface area contributed by atoms with E-state index in [1.807, 2.05) is 30.5 Å². The van der Waals surface area contributed by atoms with E-state index in [2.05, 4.69) is 28.1 Å². The lowest BCUT2D eigenvalue weighted by molar-refractivity contribution is 0.0576. The third-order valence-corrected chi connectivity index (χ3v) is 4.88. The van der Waals surface area contributed by atoms with Crippen LogP contribution in [0, 0.1) is 5.92 Å². The van der Waals surface area contributed by atoms with Crippen LogP contribution in [0.2, 0.25) is 0 Å². The molecule has 1 aliphatic rings. The average Bonchev–Trinajstić information content (AvgIpc) is 2.64. The number of methoxy groups -OCH3 is 1. The van der Waals surface area contributed by atoms with Crippen LogP contribution in [-0.4, -0.2) is 41.3 Å². The van der Waals surface area contributed by atoms with E-state index in [1.54, 1.807) is 7.11 Å². The molecule has 1 aliphatic heterocycles. The Morgan fingerprint density at radius 2 is 1.88 bits per heavy atom. The molecule has 4 heteroatoms. The highest BCUT2D eigenvalue weighted by molar-refractivity contribution is 5.18. The molecule has 2 aromatic rings. The number of aliphatic hydroxyl groups is 1. The Balaban J connectivity index is 1.46. The number of pyridine rings is 1. The maximum absolute atomic E-state index is 10.5. The summed E-state index contributed by atoms with van der Waals surface area (Å²) in [5, 5.41) is 10.5. The number of benzene rings is 1. The Hall–Kier alpha value is -1.91. The highest BCUT2D eigenvalue weighted by atomic mass is 16.5. The molecule has 2 heterocycles. The third kappa shape index (κ3) is 4.56. The molecule has 1 N–H and O–H groups in total. The molecule has 1 aromatic heterocycles. The summed E-state index contributed by atoms with van der Waals surface area (Å²) in [6, 6.07) is 14.3. The first-order valence-corrected chi connectivity index (χ1v) is 8.68. The van der Waals surface area contributed by atoms with Gasteiger partial charge in [0.05, 0.1) is 13.2 Å². The van der Waals surface area contributed by atoms with Crippen molar-refractivity contribution in [2.24, 2.45) is 5.92 Å². The number of likely N-dealkylation sites (tertiary alicyclic amines) is 1.